The molecule has 1 N–H and O–H groups in total. The van der Waals surface area contributed by atoms with E-state index in [2.05, 4.69) is 37.3 Å². The van der Waals surface area contributed by atoms with E-state index in [1.165, 1.54) is 18.5 Å². The Morgan fingerprint density at radius 3 is 2.74 bits per heavy atom. The molecule has 1 aromatic heterocycles. The summed E-state index contributed by atoms with van der Waals surface area (Å²) >= 11 is 2.08. The van der Waals surface area contributed by atoms with Crippen LogP contribution in [-0.4, -0.2) is 42.3 Å². The van der Waals surface area contributed by atoms with Gasteiger partial charge in [-0.2, -0.15) is 0 Å². The number of nitrogens with zero attached hydrogens (tertiary/aromatic N) is 3. The highest BCUT2D eigenvalue weighted by molar-refractivity contribution is 14.1. The maximum atomic E-state index is 13.5. The third-order valence-corrected chi connectivity index (χ3v) is 7.52. The van der Waals surface area contributed by atoms with Gasteiger partial charge in [0.1, 0.15) is 22.8 Å². The molecule has 0 atom stereocenters. The first kappa shape index (κ1) is 22.5. The second-order valence-electron chi connectivity index (χ2n) is 7.66. The minimum atomic E-state index is -4.05. The maximum absolute atomic E-state index is 13.5. The highest BCUT2D eigenvalue weighted by Crippen LogP contribution is 2.28. The van der Waals surface area contributed by atoms with Crippen LogP contribution in [0.1, 0.15) is 15.9 Å². The van der Waals surface area contributed by atoms with Gasteiger partial charge in [-0.1, -0.05) is 24.3 Å². The normalized spacial score (nSPS) is 13.6. The van der Waals surface area contributed by atoms with Gasteiger partial charge in [0.2, 0.25) is 0 Å². The lowest BCUT2D eigenvalue weighted by molar-refractivity contribution is 0.0734. The van der Waals surface area contributed by atoms with Crippen LogP contribution in [0.15, 0.2) is 78.0 Å². The van der Waals surface area contributed by atoms with Crippen LogP contribution in [-0.2, 0) is 16.6 Å². The third kappa shape index (κ3) is 4.42. The van der Waals surface area contributed by atoms with E-state index in [0.29, 0.717) is 25.2 Å². The summed E-state index contributed by atoms with van der Waals surface area (Å²) < 4.78 is 35.9. The molecule has 5 rings (SSSR count). The van der Waals surface area contributed by atoms with E-state index in [4.69, 9.17) is 4.74 Å². The van der Waals surface area contributed by atoms with Crippen molar-refractivity contribution in [3.8, 4) is 5.75 Å². The maximum Gasteiger partial charge on any atom is 0.264 e. The van der Waals surface area contributed by atoms with Gasteiger partial charge in [-0.05, 0) is 59.0 Å². The summed E-state index contributed by atoms with van der Waals surface area (Å²) in [6, 6.07) is 17.4. The van der Waals surface area contributed by atoms with Crippen molar-refractivity contribution in [2.24, 2.45) is 0 Å². The Morgan fingerprint density at radius 2 is 1.85 bits per heavy atom. The highest BCUT2D eigenvalue weighted by atomic mass is 127. The molecule has 1 amide bonds. The average molecular weight is 586 g/mol. The molecule has 0 bridgehead atoms. The number of hydrogen-bond acceptors (Lipinski definition) is 6. The number of para-hydroxylation sites is 2. The van der Waals surface area contributed by atoms with Gasteiger partial charge in [-0.3, -0.25) is 19.5 Å². The van der Waals surface area contributed by atoms with E-state index in [0.717, 1.165) is 14.9 Å². The fraction of sp³-hybridized carbons (Fsp3) is 0.125. The van der Waals surface area contributed by atoms with Crippen molar-refractivity contribution in [2.75, 3.05) is 17.9 Å². The fourth-order valence-corrected chi connectivity index (χ4v) is 5.57. The van der Waals surface area contributed by atoms with Gasteiger partial charge in [0, 0.05) is 28.1 Å². The van der Waals surface area contributed by atoms with Crippen molar-refractivity contribution in [1.29, 1.82) is 0 Å². The number of nitrogens with one attached hydrogen (secondary N) is 1. The zero-order valence-electron chi connectivity index (χ0n) is 17.8. The Hall–Kier alpha value is -3.25. The van der Waals surface area contributed by atoms with E-state index in [1.807, 2.05) is 24.3 Å². The van der Waals surface area contributed by atoms with Crippen LogP contribution < -0.4 is 9.46 Å². The zero-order chi connectivity index (χ0) is 23.7. The number of carbonyl (C=O) groups is 1. The summed E-state index contributed by atoms with van der Waals surface area (Å²) in [7, 11) is -4.05. The van der Waals surface area contributed by atoms with E-state index >= 15 is 0 Å². The molecule has 0 saturated carbocycles. The summed E-state index contributed by atoms with van der Waals surface area (Å²) in [5.41, 5.74) is 2.09. The van der Waals surface area contributed by atoms with Crippen LogP contribution >= 0.6 is 22.6 Å². The molecule has 10 heteroatoms. The quantitative estimate of drug-likeness (QED) is 0.362. The van der Waals surface area contributed by atoms with Crippen LogP contribution in [0.4, 0.5) is 5.69 Å². The molecule has 0 radical (unpaired) electrons. The molecule has 0 unspecified atom stereocenters. The Labute approximate surface area is 210 Å². The fourth-order valence-electron chi connectivity index (χ4n) is 3.84. The predicted molar refractivity (Wildman–Crippen MR) is 136 cm³/mol. The van der Waals surface area contributed by atoms with E-state index in [-0.39, 0.29) is 27.6 Å². The molecular weight excluding hydrogens is 567 g/mol. The molecule has 2 heterocycles. The van der Waals surface area contributed by atoms with Gasteiger partial charge in [0.15, 0.2) is 0 Å². The summed E-state index contributed by atoms with van der Waals surface area (Å²) in [4.78, 5) is 23.6. The minimum Gasteiger partial charge on any atom is -0.491 e. The average Bonchev–Trinajstić information content (AvgIpc) is 3.06. The number of rotatable bonds is 4. The number of hydrogen-bond donors (Lipinski definition) is 1. The minimum absolute atomic E-state index is 0.00698. The number of amides is 1. The van der Waals surface area contributed by atoms with Crippen LogP contribution in [0.2, 0.25) is 0 Å². The van der Waals surface area contributed by atoms with Crippen molar-refractivity contribution < 1.29 is 17.9 Å². The van der Waals surface area contributed by atoms with Crippen molar-refractivity contribution in [1.82, 2.24) is 14.9 Å². The van der Waals surface area contributed by atoms with Crippen molar-refractivity contribution in [3.05, 3.63) is 87.8 Å². The number of anilines is 1. The largest absolute Gasteiger partial charge is 0.491 e. The summed E-state index contributed by atoms with van der Waals surface area (Å²) in [5, 5.41) is 0. The molecule has 0 aliphatic carbocycles. The lowest BCUT2D eigenvalue weighted by atomic mass is 10.1. The monoisotopic (exact) mass is 586 g/mol. The predicted octanol–water partition coefficient (Wildman–Crippen LogP) is 4.07. The van der Waals surface area contributed by atoms with Crippen LogP contribution in [0.5, 0.6) is 5.75 Å². The molecule has 0 fully saturated rings. The van der Waals surface area contributed by atoms with Gasteiger partial charge in [0.25, 0.3) is 15.9 Å². The number of sulfonamides is 1. The molecule has 1 aliphatic heterocycles. The SMILES string of the molecule is O=C(c1ccc(I)cc1NS(=O)(=O)c1cccc2nccnc12)N1CCOc2ccccc2C1. The topological polar surface area (TPSA) is 101 Å². The Balaban J connectivity index is 1.50. The first-order valence-corrected chi connectivity index (χ1v) is 13.0. The molecule has 3 aromatic carbocycles. The summed E-state index contributed by atoms with van der Waals surface area (Å²) in [6.07, 6.45) is 2.95. The molecule has 0 spiro atoms. The van der Waals surface area contributed by atoms with Gasteiger partial charge in [-0.15, -0.1) is 0 Å². The molecule has 1 aliphatic rings. The van der Waals surface area contributed by atoms with E-state index in [1.54, 1.807) is 35.2 Å². The lowest BCUT2D eigenvalue weighted by Crippen LogP contribution is -2.33. The molecule has 34 heavy (non-hydrogen) atoms. The van der Waals surface area contributed by atoms with Crippen LogP contribution in [0, 0.1) is 3.57 Å². The molecular formula is C24H19IN4O4S. The second kappa shape index (κ2) is 9.18. The molecule has 172 valence electrons. The summed E-state index contributed by atoms with van der Waals surface area (Å²) in [6.45, 7) is 1.10. The van der Waals surface area contributed by atoms with Crippen molar-refractivity contribution >= 4 is 55.2 Å². The Bertz CT molecular complexity index is 1500. The number of aromatic nitrogens is 2. The zero-order valence-corrected chi connectivity index (χ0v) is 20.8. The van der Waals surface area contributed by atoms with Gasteiger partial charge >= 0.3 is 0 Å². The highest BCUT2D eigenvalue weighted by Gasteiger charge is 2.26. The molecule has 4 aromatic rings. The van der Waals surface area contributed by atoms with Crippen molar-refractivity contribution in [3.63, 3.8) is 0 Å². The Kier molecular flexibility index (Phi) is 6.09. The second-order valence-corrected chi connectivity index (χ2v) is 10.6. The third-order valence-electron chi connectivity index (χ3n) is 5.45. The van der Waals surface area contributed by atoms with E-state index in [9.17, 15) is 13.2 Å². The number of fused-ring (bicyclic) bond motifs is 2. The smallest absolute Gasteiger partial charge is 0.264 e. The number of benzene rings is 3. The molecule has 8 nitrogen and oxygen atoms in total. The lowest BCUT2D eigenvalue weighted by Gasteiger charge is -2.22. The first-order valence-electron chi connectivity index (χ1n) is 10.4. The Morgan fingerprint density at radius 1 is 1.03 bits per heavy atom. The number of carbonyl (C=O) groups excluding carboxylic acids is 1. The van der Waals surface area contributed by atoms with Gasteiger partial charge in [-0.25, -0.2) is 8.42 Å². The number of ether oxygens (including phenoxy) is 1. The van der Waals surface area contributed by atoms with Crippen LogP contribution in [0.25, 0.3) is 11.0 Å². The molecule has 0 saturated heterocycles. The van der Waals surface area contributed by atoms with Crippen LogP contribution in [0.3, 0.4) is 0 Å². The standard InChI is InChI=1S/C24H19IN4O4S/c25-17-8-9-18(24(30)29-12-13-33-21-6-2-1-4-16(21)15-29)20(14-17)28-34(31,32)22-7-3-5-19-23(22)27-11-10-26-19/h1-11,14,28H,12-13,15H2. The van der Waals surface area contributed by atoms with Gasteiger partial charge < -0.3 is 9.64 Å². The van der Waals surface area contributed by atoms with Crippen molar-refractivity contribution in [2.45, 2.75) is 11.4 Å². The summed E-state index contributed by atoms with van der Waals surface area (Å²) in [5.74, 6) is 0.463. The first-order chi connectivity index (χ1) is 16.4. The van der Waals surface area contributed by atoms with E-state index < -0.39 is 10.0 Å². The van der Waals surface area contributed by atoms with Gasteiger partial charge in [0.05, 0.1) is 23.3 Å². The number of halogens is 1.